The third-order valence-electron chi connectivity index (χ3n) is 4.81. The molecule has 0 fully saturated rings. The molecule has 6 heteroatoms. The topological polar surface area (TPSA) is 68.9 Å². The van der Waals surface area contributed by atoms with Crippen LogP contribution in [0, 0.1) is 0 Å². The van der Waals surface area contributed by atoms with Gasteiger partial charge in [0.25, 0.3) is 5.91 Å². The number of hydrogen-bond donors (Lipinski definition) is 1. The van der Waals surface area contributed by atoms with E-state index in [0.29, 0.717) is 24.2 Å². The average molecular weight is 336 g/mol. The second kappa shape index (κ2) is 5.88. The Labute approximate surface area is 145 Å². The van der Waals surface area contributed by atoms with Crippen LogP contribution in [0.15, 0.2) is 36.7 Å². The number of hydrogen-bond acceptors (Lipinski definition) is 3. The van der Waals surface area contributed by atoms with Crippen molar-refractivity contribution in [3.8, 4) is 0 Å². The monoisotopic (exact) mass is 336 g/mol. The first-order valence-electron chi connectivity index (χ1n) is 8.47. The Morgan fingerprint density at radius 1 is 1.36 bits per heavy atom. The minimum Gasteiger partial charge on any atom is -0.351 e. The van der Waals surface area contributed by atoms with E-state index >= 15 is 0 Å². The predicted molar refractivity (Wildman–Crippen MR) is 94.8 cm³/mol. The molecule has 128 valence electrons. The van der Waals surface area contributed by atoms with Crippen molar-refractivity contribution in [2.75, 3.05) is 6.54 Å². The second-order valence-electron chi connectivity index (χ2n) is 6.69. The van der Waals surface area contributed by atoms with Crippen molar-refractivity contribution < 1.29 is 9.59 Å². The third-order valence-corrected chi connectivity index (χ3v) is 4.81. The van der Waals surface area contributed by atoms with Gasteiger partial charge in [0.1, 0.15) is 5.69 Å². The van der Waals surface area contributed by atoms with Crippen molar-refractivity contribution in [2.45, 2.75) is 25.8 Å². The number of aryl methyl sites for hydroxylation is 1. The zero-order valence-electron chi connectivity index (χ0n) is 14.3. The van der Waals surface area contributed by atoms with E-state index in [-0.39, 0.29) is 17.7 Å². The maximum absolute atomic E-state index is 12.6. The van der Waals surface area contributed by atoms with Gasteiger partial charge in [0.2, 0.25) is 0 Å². The molecule has 1 amide bonds. The van der Waals surface area contributed by atoms with Gasteiger partial charge in [-0.25, -0.2) is 0 Å². The summed E-state index contributed by atoms with van der Waals surface area (Å²) in [6, 6.07) is 7.78. The molecule has 1 atom stereocenters. The fraction of sp³-hybridized carbons (Fsp3) is 0.316. The first-order chi connectivity index (χ1) is 12.0. The van der Waals surface area contributed by atoms with Gasteiger partial charge in [-0.2, -0.15) is 5.10 Å². The Hall–Kier alpha value is -2.89. The van der Waals surface area contributed by atoms with Gasteiger partial charge >= 0.3 is 0 Å². The summed E-state index contributed by atoms with van der Waals surface area (Å²) >= 11 is 0. The number of aromatic nitrogens is 3. The normalized spacial score (nSPS) is 17.2. The Morgan fingerprint density at radius 3 is 2.96 bits per heavy atom. The molecule has 3 heterocycles. The highest BCUT2D eigenvalue weighted by Crippen LogP contribution is 2.28. The van der Waals surface area contributed by atoms with E-state index in [4.69, 9.17) is 0 Å². The summed E-state index contributed by atoms with van der Waals surface area (Å²) in [7, 11) is 1.84. The number of ketones is 1. The molecule has 0 aliphatic carbocycles. The minimum absolute atomic E-state index is 0.0520. The van der Waals surface area contributed by atoms with Crippen LogP contribution in [0.5, 0.6) is 0 Å². The quantitative estimate of drug-likeness (QED) is 0.747. The van der Waals surface area contributed by atoms with E-state index in [9.17, 15) is 9.59 Å². The van der Waals surface area contributed by atoms with Gasteiger partial charge in [-0.3, -0.25) is 14.3 Å². The molecule has 25 heavy (non-hydrogen) atoms. The fourth-order valence-corrected chi connectivity index (χ4v) is 3.51. The van der Waals surface area contributed by atoms with E-state index in [1.807, 2.05) is 37.5 Å². The fourth-order valence-electron chi connectivity index (χ4n) is 3.51. The number of fused-ring (bicyclic) bond motifs is 3. The second-order valence-corrected chi connectivity index (χ2v) is 6.69. The molecule has 1 unspecified atom stereocenters. The SMILES string of the molecule is CC1CCNC(=O)c2cc3ccc(C(=O)Cc4cnn(C)c4)cc3n21. The van der Waals surface area contributed by atoms with Crippen LogP contribution in [0.1, 0.15) is 45.8 Å². The summed E-state index contributed by atoms with van der Waals surface area (Å²) < 4.78 is 3.75. The molecule has 3 aromatic rings. The van der Waals surface area contributed by atoms with Crippen LogP contribution in [0.25, 0.3) is 10.9 Å². The van der Waals surface area contributed by atoms with Gasteiger partial charge < -0.3 is 9.88 Å². The summed E-state index contributed by atoms with van der Waals surface area (Å²) in [5.74, 6) is -0.0000343. The van der Waals surface area contributed by atoms with Crippen LogP contribution < -0.4 is 5.32 Å². The Morgan fingerprint density at radius 2 is 2.20 bits per heavy atom. The number of nitrogens with zero attached hydrogens (tertiary/aromatic N) is 3. The number of nitrogens with one attached hydrogen (secondary N) is 1. The molecule has 1 aliphatic rings. The van der Waals surface area contributed by atoms with Crippen LogP contribution in [0.2, 0.25) is 0 Å². The van der Waals surface area contributed by atoms with E-state index in [1.165, 1.54) is 0 Å². The average Bonchev–Trinajstić information content (AvgIpc) is 3.13. The molecule has 1 aromatic carbocycles. The van der Waals surface area contributed by atoms with Gasteiger partial charge in [0.15, 0.2) is 5.78 Å². The summed E-state index contributed by atoms with van der Waals surface area (Å²) in [5, 5.41) is 8.02. The first-order valence-corrected chi connectivity index (χ1v) is 8.47. The summed E-state index contributed by atoms with van der Waals surface area (Å²) in [6.45, 7) is 2.77. The number of Topliss-reactive ketones (excluding diaryl/α,β-unsaturated/α-hetero) is 1. The lowest BCUT2D eigenvalue weighted by Crippen LogP contribution is -2.22. The van der Waals surface area contributed by atoms with Gasteiger partial charge in [0, 0.05) is 48.7 Å². The third kappa shape index (κ3) is 2.73. The molecule has 0 bridgehead atoms. The summed E-state index contributed by atoms with van der Waals surface area (Å²) in [6.07, 6.45) is 4.76. The van der Waals surface area contributed by atoms with Gasteiger partial charge in [0.05, 0.1) is 6.20 Å². The Bertz CT molecular complexity index is 983. The van der Waals surface area contributed by atoms with Crippen molar-refractivity contribution in [3.05, 3.63) is 53.5 Å². The highest BCUT2D eigenvalue weighted by Gasteiger charge is 2.23. The van der Waals surface area contributed by atoms with Crippen LogP contribution in [-0.2, 0) is 13.5 Å². The molecule has 1 aliphatic heterocycles. The van der Waals surface area contributed by atoms with Crippen molar-refractivity contribution in [2.24, 2.45) is 7.05 Å². The first kappa shape index (κ1) is 15.6. The van der Waals surface area contributed by atoms with Crippen LogP contribution in [0.3, 0.4) is 0 Å². The zero-order chi connectivity index (χ0) is 17.6. The Kier molecular flexibility index (Phi) is 3.67. The largest absolute Gasteiger partial charge is 0.351 e. The van der Waals surface area contributed by atoms with Crippen molar-refractivity contribution in [3.63, 3.8) is 0 Å². The van der Waals surface area contributed by atoms with Gasteiger partial charge in [-0.05, 0) is 31.0 Å². The molecule has 1 N–H and O–H groups in total. The van der Waals surface area contributed by atoms with Gasteiger partial charge in [-0.1, -0.05) is 12.1 Å². The zero-order valence-corrected chi connectivity index (χ0v) is 14.3. The highest BCUT2D eigenvalue weighted by atomic mass is 16.2. The molecular weight excluding hydrogens is 316 g/mol. The van der Waals surface area contributed by atoms with E-state index in [2.05, 4.69) is 21.9 Å². The lowest BCUT2D eigenvalue weighted by atomic mass is 10.0. The minimum atomic E-state index is -0.0520. The number of carbonyl (C=O) groups is 2. The van der Waals surface area contributed by atoms with E-state index in [1.54, 1.807) is 10.9 Å². The van der Waals surface area contributed by atoms with Crippen molar-refractivity contribution in [1.82, 2.24) is 19.7 Å². The predicted octanol–water partition coefficient (Wildman–Crippen LogP) is 2.49. The van der Waals surface area contributed by atoms with Crippen LogP contribution in [-0.4, -0.2) is 32.6 Å². The van der Waals surface area contributed by atoms with E-state index in [0.717, 1.165) is 22.9 Å². The Balaban J connectivity index is 1.74. The molecule has 6 nitrogen and oxygen atoms in total. The van der Waals surface area contributed by atoms with E-state index < -0.39 is 0 Å². The standard InChI is InChI=1S/C19H20N4O2/c1-12-5-6-20-19(25)17-8-14-3-4-15(9-16(14)23(12)17)18(24)7-13-10-21-22(2)11-13/h3-4,8-12H,5-7H2,1-2H3,(H,20,25). The number of carbonyl (C=O) groups excluding carboxylic acids is 2. The number of rotatable bonds is 3. The molecule has 0 saturated carbocycles. The van der Waals surface area contributed by atoms with Crippen LogP contribution in [0.4, 0.5) is 0 Å². The summed E-state index contributed by atoms with van der Waals surface area (Å²) in [5.41, 5.74) is 3.16. The summed E-state index contributed by atoms with van der Waals surface area (Å²) in [4.78, 5) is 24.9. The molecule has 4 rings (SSSR count). The van der Waals surface area contributed by atoms with Crippen molar-refractivity contribution in [1.29, 1.82) is 0 Å². The lowest BCUT2D eigenvalue weighted by molar-refractivity contribution is 0.0950. The maximum atomic E-state index is 12.6. The molecule has 0 spiro atoms. The number of benzene rings is 1. The van der Waals surface area contributed by atoms with Gasteiger partial charge in [-0.15, -0.1) is 0 Å². The highest BCUT2D eigenvalue weighted by molar-refractivity contribution is 6.03. The van der Waals surface area contributed by atoms with Crippen molar-refractivity contribution >= 4 is 22.6 Å². The van der Waals surface area contributed by atoms with Crippen LogP contribution >= 0.6 is 0 Å². The molecule has 2 aromatic heterocycles. The smallest absolute Gasteiger partial charge is 0.267 e. The molecule has 0 saturated heterocycles. The number of amides is 1. The molecular formula is C19H20N4O2. The maximum Gasteiger partial charge on any atom is 0.267 e. The lowest BCUT2D eigenvalue weighted by Gasteiger charge is -2.14. The molecule has 0 radical (unpaired) electrons.